The van der Waals surface area contributed by atoms with Crippen molar-refractivity contribution in [2.45, 2.75) is 6.32 Å². The second kappa shape index (κ2) is 9.04. The van der Waals surface area contributed by atoms with E-state index in [9.17, 15) is 65.9 Å². The first-order chi connectivity index (χ1) is 16.1. The molecule has 0 unspecified atom stereocenters. The van der Waals surface area contributed by atoms with Gasteiger partial charge in [-0.1, -0.05) is 0 Å². The Bertz CT molecular complexity index is 1230. The lowest BCUT2D eigenvalue weighted by molar-refractivity contribution is 0.372. The van der Waals surface area contributed by atoms with Crippen molar-refractivity contribution in [2.24, 2.45) is 0 Å². The van der Waals surface area contributed by atoms with Gasteiger partial charge in [0.1, 0.15) is 0 Å². The van der Waals surface area contributed by atoms with Crippen molar-refractivity contribution in [1.82, 2.24) is 0 Å². The lowest BCUT2D eigenvalue weighted by Crippen LogP contribution is -2.52. The summed E-state index contributed by atoms with van der Waals surface area (Å²) >= 11 is 0. The Morgan fingerprint density at radius 3 is 0.743 bits per heavy atom. The second-order valence-electron chi connectivity index (χ2n) is 6.77. The van der Waals surface area contributed by atoms with Gasteiger partial charge in [-0.25, -0.2) is 65.9 Å². The summed E-state index contributed by atoms with van der Waals surface area (Å²) < 4.78 is 208. The maximum absolute atomic E-state index is 14.4. The molecular formula is C19H2BF15. The summed E-state index contributed by atoms with van der Waals surface area (Å²) in [6, 6.07) is 0. The fourth-order valence-corrected chi connectivity index (χ4v) is 3.24. The molecular weight excluding hydrogens is 524 g/mol. The highest BCUT2D eigenvalue weighted by atomic mass is 19.2. The van der Waals surface area contributed by atoms with Crippen LogP contribution in [0.1, 0.15) is 5.56 Å². The van der Waals surface area contributed by atoms with Gasteiger partial charge in [0.2, 0.25) is 12.5 Å². The minimum Gasteiger partial charge on any atom is -0.204 e. The topological polar surface area (TPSA) is 0 Å². The van der Waals surface area contributed by atoms with Crippen LogP contribution >= 0.6 is 0 Å². The van der Waals surface area contributed by atoms with E-state index in [1.165, 1.54) is 0 Å². The third-order valence-electron chi connectivity index (χ3n) is 4.89. The quantitative estimate of drug-likeness (QED) is 0.191. The molecule has 16 heteroatoms. The van der Waals surface area contributed by atoms with E-state index in [4.69, 9.17) is 0 Å². The van der Waals surface area contributed by atoms with Gasteiger partial charge in [0, 0.05) is 16.5 Å². The van der Waals surface area contributed by atoms with Crippen LogP contribution in [0.5, 0.6) is 0 Å². The first-order valence-corrected chi connectivity index (χ1v) is 8.67. The zero-order valence-electron chi connectivity index (χ0n) is 16.0. The highest BCUT2D eigenvalue weighted by Gasteiger charge is 2.41. The van der Waals surface area contributed by atoms with E-state index >= 15 is 0 Å². The van der Waals surface area contributed by atoms with E-state index in [1.54, 1.807) is 0 Å². The molecule has 186 valence electrons. The standard InChI is InChI=1S/C19H2BF15/c21-5-2(6(22)12(28)17(33)11(5)27)1-20(3-7(23)13(29)18(34)14(30)8(3)24)4-9(25)15(31)19(35)16(32)10(4)26/h1H2. The summed E-state index contributed by atoms with van der Waals surface area (Å²) in [5.74, 6) is -42.5. The van der Waals surface area contributed by atoms with Crippen LogP contribution in [-0.4, -0.2) is 6.71 Å². The molecule has 0 bridgehead atoms. The summed E-state index contributed by atoms with van der Waals surface area (Å²) in [5.41, 5.74) is -6.89. The maximum atomic E-state index is 14.4. The monoisotopic (exact) mass is 526 g/mol. The molecule has 0 radical (unpaired) electrons. The highest BCUT2D eigenvalue weighted by molar-refractivity contribution is 6.85. The lowest BCUT2D eigenvalue weighted by atomic mass is 9.37. The molecule has 3 rings (SSSR count). The van der Waals surface area contributed by atoms with Crippen molar-refractivity contribution >= 4 is 17.6 Å². The Morgan fingerprint density at radius 1 is 0.286 bits per heavy atom. The second-order valence-corrected chi connectivity index (χ2v) is 6.77. The van der Waals surface area contributed by atoms with E-state index in [0.29, 0.717) is 0 Å². The Kier molecular flexibility index (Phi) is 6.79. The van der Waals surface area contributed by atoms with Crippen LogP contribution in [0.25, 0.3) is 0 Å². The molecule has 0 aliphatic rings. The molecule has 0 amide bonds. The fraction of sp³-hybridized carbons (Fsp3) is 0.0526. The number of halogens is 15. The largest absolute Gasteiger partial charge is 0.229 e. The first-order valence-electron chi connectivity index (χ1n) is 8.67. The molecule has 0 N–H and O–H groups in total. The van der Waals surface area contributed by atoms with E-state index in [-0.39, 0.29) is 0 Å². The number of benzene rings is 3. The molecule has 0 aliphatic carbocycles. The van der Waals surface area contributed by atoms with Crippen LogP contribution in [0.2, 0.25) is 0 Å². The molecule has 3 aromatic rings. The Morgan fingerprint density at radius 2 is 0.486 bits per heavy atom. The van der Waals surface area contributed by atoms with Gasteiger partial charge in [0.15, 0.2) is 81.4 Å². The van der Waals surface area contributed by atoms with Gasteiger partial charge in [-0.15, -0.1) is 0 Å². The van der Waals surface area contributed by atoms with Crippen LogP contribution in [0.4, 0.5) is 65.9 Å². The third kappa shape index (κ3) is 3.88. The number of hydrogen-bond donors (Lipinski definition) is 0. The average molecular weight is 526 g/mol. The molecule has 0 saturated heterocycles. The summed E-state index contributed by atoms with van der Waals surface area (Å²) in [6.07, 6.45) is -2.22. The molecule has 0 aromatic heterocycles. The summed E-state index contributed by atoms with van der Waals surface area (Å²) in [5, 5.41) is 0. The van der Waals surface area contributed by atoms with Crippen LogP contribution in [0.15, 0.2) is 0 Å². The van der Waals surface area contributed by atoms with Gasteiger partial charge in [0.05, 0.1) is 0 Å². The molecule has 35 heavy (non-hydrogen) atoms. The molecule has 0 nitrogen and oxygen atoms in total. The molecule has 0 atom stereocenters. The highest BCUT2D eigenvalue weighted by Crippen LogP contribution is 2.26. The first kappa shape index (κ1) is 26.3. The van der Waals surface area contributed by atoms with Crippen molar-refractivity contribution in [1.29, 1.82) is 0 Å². The molecule has 0 saturated carbocycles. The molecule has 0 spiro atoms. The summed E-state index contributed by atoms with van der Waals surface area (Å²) in [6.45, 7) is -3.39. The smallest absolute Gasteiger partial charge is 0.204 e. The predicted octanol–water partition coefficient (Wildman–Crippen LogP) is 5.16. The number of rotatable bonds is 4. The normalized spacial score (nSPS) is 11.4. The van der Waals surface area contributed by atoms with Gasteiger partial charge in [-0.2, -0.15) is 0 Å². The molecule has 0 fully saturated rings. The van der Waals surface area contributed by atoms with E-state index < -0.39 is 117 Å². The van der Waals surface area contributed by atoms with Crippen LogP contribution in [-0.2, 0) is 6.32 Å². The summed E-state index contributed by atoms with van der Waals surface area (Å²) in [7, 11) is 0. The van der Waals surface area contributed by atoms with Crippen molar-refractivity contribution in [3.8, 4) is 0 Å². The fourth-order valence-electron chi connectivity index (χ4n) is 3.24. The minimum absolute atomic E-state index is 2.13. The van der Waals surface area contributed by atoms with Crippen LogP contribution < -0.4 is 10.9 Å². The van der Waals surface area contributed by atoms with Gasteiger partial charge in [-0.3, -0.25) is 0 Å². The van der Waals surface area contributed by atoms with Gasteiger partial charge in [0.25, 0.3) is 0 Å². The lowest BCUT2D eigenvalue weighted by Gasteiger charge is -2.20. The Hall–Kier alpha value is -3.33. The number of hydrogen-bond acceptors (Lipinski definition) is 0. The predicted molar refractivity (Wildman–Crippen MR) is 87.4 cm³/mol. The van der Waals surface area contributed by atoms with E-state index in [0.717, 1.165) is 0 Å². The SMILES string of the molecule is Fc1c(F)c(F)c(CB(c2c(F)c(F)c(F)c(F)c2F)c2c(F)c(F)c(F)c(F)c2F)c(F)c1F. The van der Waals surface area contributed by atoms with Crippen molar-refractivity contribution in [3.05, 3.63) is 92.8 Å². The van der Waals surface area contributed by atoms with Gasteiger partial charge in [-0.05, 0) is 6.32 Å². The molecule has 3 aromatic carbocycles. The molecule has 0 heterocycles. The van der Waals surface area contributed by atoms with Crippen molar-refractivity contribution < 1.29 is 65.9 Å². The summed E-state index contributed by atoms with van der Waals surface area (Å²) in [4.78, 5) is 0. The van der Waals surface area contributed by atoms with Crippen molar-refractivity contribution in [3.63, 3.8) is 0 Å². The van der Waals surface area contributed by atoms with Gasteiger partial charge < -0.3 is 0 Å². The van der Waals surface area contributed by atoms with Crippen LogP contribution in [0.3, 0.4) is 0 Å². The minimum atomic E-state index is -3.39. The third-order valence-corrected chi connectivity index (χ3v) is 4.89. The zero-order valence-corrected chi connectivity index (χ0v) is 16.0. The Balaban J connectivity index is 2.49. The van der Waals surface area contributed by atoms with E-state index in [1.807, 2.05) is 0 Å². The zero-order chi connectivity index (χ0) is 26.7. The average Bonchev–Trinajstić information content (AvgIpc) is 2.83. The van der Waals surface area contributed by atoms with Crippen LogP contribution in [0, 0.1) is 87.3 Å². The maximum Gasteiger partial charge on any atom is 0.229 e. The van der Waals surface area contributed by atoms with Crippen molar-refractivity contribution in [2.75, 3.05) is 0 Å². The van der Waals surface area contributed by atoms with Gasteiger partial charge >= 0.3 is 0 Å². The van der Waals surface area contributed by atoms with E-state index in [2.05, 4.69) is 0 Å². The molecule has 0 aliphatic heterocycles. The Labute approximate surface area is 183 Å².